The predicted octanol–water partition coefficient (Wildman–Crippen LogP) is 2.50. The zero-order chi connectivity index (χ0) is 18.8. The molecule has 1 amide bonds. The van der Waals surface area contributed by atoms with Gasteiger partial charge in [0.1, 0.15) is 12.3 Å². The van der Waals surface area contributed by atoms with Gasteiger partial charge in [-0.2, -0.15) is 0 Å². The summed E-state index contributed by atoms with van der Waals surface area (Å²) in [7, 11) is 0. The molecule has 0 saturated carbocycles. The Bertz CT molecular complexity index is 900. The molecule has 132 valence electrons. The normalized spacial score (nSPS) is 19.0. The number of carboxylic acid groups (broad SMARTS) is 1. The van der Waals surface area contributed by atoms with E-state index >= 15 is 0 Å². The summed E-state index contributed by atoms with van der Waals surface area (Å²) in [5.41, 5.74) is 1.82. The van der Waals surface area contributed by atoms with Gasteiger partial charge in [0.15, 0.2) is 0 Å². The van der Waals surface area contributed by atoms with Gasteiger partial charge in [0.05, 0.1) is 11.6 Å². The maximum Gasteiger partial charge on any atom is 0.323 e. The number of rotatable bonds is 4. The molecular weight excluding hydrogens is 334 g/mol. The first-order valence-electron chi connectivity index (χ1n) is 8.02. The van der Waals surface area contributed by atoms with Crippen LogP contribution in [-0.2, 0) is 14.4 Å². The number of aliphatic hydroxyl groups is 1. The third-order valence-corrected chi connectivity index (χ3v) is 4.29. The average molecular weight is 351 g/mol. The Morgan fingerprint density at radius 3 is 2.19 bits per heavy atom. The monoisotopic (exact) mass is 351 g/mol. The van der Waals surface area contributed by atoms with Gasteiger partial charge in [-0.05, 0) is 12.5 Å². The van der Waals surface area contributed by atoms with Crippen molar-refractivity contribution in [2.45, 2.75) is 13.0 Å². The highest BCUT2D eigenvalue weighted by molar-refractivity contribution is 6.46. The van der Waals surface area contributed by atoms with E-state index in [2.05, 4.69) is 0 Å². The second-order valence-corrected chi connectivity index (χ2v) is 6.10. The molecule has 0 aliphatic carbocycles. The van der Waals surface area contributed by atoms with Crippen molar-refractivity contribution in [3.8, 4) is 0 Å². The van der Waals surface area contributed by atoms with Crippen molar-refractivity contribution in [2.24, 2.45) is 0 Å². The predicted molar refractivity (Wildman–Crippen MR) is 94.3 cm³/mol. The highest BCUT2D eigenvalue weighted by Crippen LogP contribution is 2.39. The molecule has 1 saturated heterocycles. The van der Waals surface area contributed by atoms with Crippen LogP contribution in [0.5, 0.6) is 0 Å². The van der Waals surface area contributed by atoms with Gasteiger partial charge in [-0.15, -0.1) is 0 Å². The highest BCUT2D eigenvalue weighted by Gasteiger charge is 2.46. The number of likely N-dealkylation sites (tertiary alicyclic amines) is 1. The minimum Gasteiger partial charge on any atom is -0.507 e. The number of carboxylic acids is 1. The van der Waals surface area contributed by atoms with Crippen molar-refractivity contribution in [1.82, 2.24) is 4.90 Å². The van der Waals surface area contributed by atoms with Crippen LogP contribution in [0.4, 0.5) is 0 Å². The van der Waals surface area contributed by atoms with Crippen LogP contribution in [0.2, 0.25) is 0 Å². The van der Waals surface area contributed by atoms with Crippen molar-refractivity contribution in [1.29, 1.82) is 0 Å². The minimum absolute atomic E-state index is 0.105. The van der Waals surface area contributed by atoms with E-state index < -0.39 is 30.2 Å². The SMILES string of the molecule is Cc1ccc(/C(O)=C2\C(=O)C(=O)N(CC(=O)O)C2c2ccccc2)cc1. The number of Topliss-reactive ketones (excluding diaryl/α,β-unsaturated/α-hetero) is 1. The van der Waals surface area contributed by atoms with Gasteiger partial charge >= 0.3 is 5.97 Å². The Labute approximate surface area is 150 Å². The molecule has 6 heteroatoms. The van der Waals surface area contributed by atoms with Crippen LogP contribution < -0.4 is 0 Å². The molecule has 0 radical (unpaired) electrons. The number of aliphatic carboxylic acids is 1. The Morgan fingerprint density at radius 2 is 1.62 bits per heavy atom. The molecule has 0 bridgehead atoms. The number of benzene rings is 2. The third kappa shape index (κ3) is 3.09. The van der Waals surface area contributed by atoms with Crippen molar-refractivity contribution in [3.05, 3.63) is 76.9 Å². The lowest BCUT2D eigenvalue weighted by Gasteiger charge is -2.23. The molecule has 1 aliphatic heterocycles. The van der Waals surface area contributed by atoms with Crippen LogP contribution in [0, 0.1) is 6.92 Å². The van der Waals surface area contributed by atoms with Gasteiger partial charge in [0, 0.05) is 5.56 Å². The molecule has 2 aromatic carbocycles. The van der Waals surface area contributed by atoms with Crippen molar-refractivity contribution in [3.63, 3.8) is 0 Å². The van der Waals surface area contributed by atoms with Gasteiger partial charge < -0.3 is 15.1 Å². The zero-order valence-corrected chi connectivity index (χ0v) is 14.0. The summed E-state index contributed by atoms with van der Waals surface area (Å²) in [5.74, 6) is -3.37. The number of carbonyl (C=O) groups is 3. The van der Waals surface area contributed by atoms with Gasteiger partial charge in [-0.3, -0.25) is 14.4 Å². The number of aliphatic hydroxyl groups excluding tert-OH is 1. The van der Waals surface area contributed by atoms with Crippen molar-refractivity contribution in [2.75, 3.05) is 6.54 Å². The first-order chi connectivity index (χ1) is 12.4. The second kappa shape index (κ2) is 6.84. The smallest absolute Gasteiger partial charge is 0.323 e. The molecule has 1 atom stereocenters. The summed E-state index contributed by atoms with van der Waals surface area (Å²) in [4.78, 5) is 37.1. The third-order valence-electron chi connectivity index (χ3n) is 4.29. The van der Waals surface area contributed by atoms with Gasteiger partial charge in [-0.1, -0.05) is 60.2 Å². The standard InChI is InChI=1S/C20H17NO5/c1-12-7-9-14(10-8-12)18(24)16-17(13-5-3-2-4-6-13)21(11-15(22)23)20(26)19(16)25/h2-10,17,24H,11H2,1H3,(H,22,23)/b18-16+. The van der Waals surface area contributed by atoms with E-state index in [0.717, 1.165) is 10.5 Å². The topological polar surface area (TPSA) is 94.9 Å². The largest absolute Gasteiger partial charge is 0.507 e. The molecule has 2 N–H and O–H groups in total. The molecule has 6 nitrogen and oxygen atoms in total. The summed E-state index contributed by atoms with van der Waals surface area (Å²) in [6, 6.07) is 14.5. The Kier molecular flexibility index (Phi) is 4.58. The van der Waals surface area contributed by atoms with Crippen LogP contribution in [0.25, 0.3) is 5.76 Å². The Morgan fingerprint density at radius 1 is 1.00 bits per heavy atom. The maximum absolute atomic E-state index is 12.6. The van der Waals surface area contributed by atoms with E-state index in [0.29, 0.717) is 11.1 Å². The van der Waals surface area contributed by atoms with Crippen LogP contribution in [0.1, 0.15) is 22.7 Å². The molecule has 2 aromatic rings. The van der Waals surface area contributed by atoms with E-state index in [9.17, 15) is 19.5 Å². The molecular formula is C20H17NO5. The van der Waals surface area contributed by atoms with Crippen LogP contribution in [0.15, 0.2) is 60.2 Å². The summed E-state index contributed by atoms with van der Waals surface area (Å²) in [6.45, 7) is 1.26. The quantitative estimate of drug-likeness (QED) is 0.501. The minimum atomic E-state index is -1.23. The molecule has 1 aliphatic rings. The lowest BCUT2D eigenvalue weighted by atomic mass is 9.95. The first-order valence-corrected chi connectivity index (χ1v) is 8.02. The summed E-state index contributed by atoms with van der Waals surface area (Å²) >= 11 is 0. The van der Waals surface area contributed by atoms with E-state index in [1.807, 2.05) is 6.92 Å². The van der Waals surface area contributed by atoms with Crippen molar-refractivity contribution >= 4 is 23.4 Å². The number of aryl methyl sites for hydroxylation is 1. The highest BCUT2D eigenvalue weighted by atomic mass is 16.4. The van der Waals surface area contributed by atoms with Gasteiger partial charge in [-0.25, -0.2) is 0 Å². The Balaban J connectivity index is 2.18. The van der Waals surface area contributed by atoms with E-state index in [-0.39, 0.29) is 11.3 Å². The number of nitrogens with zero attached hydrogens (tertiary/aromatic N) is 1. The fraction of sp³-hybridized carbons (Fsp3) is 0.150. The molecule has 1 heterocycles. The molecule has 1 unspecified atom stereocenters. The average Bonchev–Trinajstić information content (AvgIpc) is 2.87. The number of ketones is 1. The maximum atomic E-state index is 12.6. The number of hydrogen-bond donors (Lipinski definition) is 2. The fourth-order valence-electron chi connectivity index (χ4n) is 3.04. The second-order valence-electron chi connectivity index (χ2n) is 6.10. The van der Waals surface area contributed by atoms with E-state index in [4.69, 9.17) is 5.11 Å². The number of carbonyl (C=O) groups excluding carboxylic acids is 2. The molecule has 0 aromatic heterocycles. The molecule has 26 heavy (non-hydrogen) atoms. The Hall–Kier alpha value is -3.41. The molecule has 0 spiro atoms. The van der Waals surface area contributed by atoms with E-state index in [1.165, 1.54) is 0 Å². The summed E-state index contributed by atoms with van der Waals surface area (Å²) in [6.07, 6.45) is 0. The fourth-order valence-corrected chi connectivity index (χ4v) is 3.04. The number of hydrogen-bond acceptors (Lipinski definition) is 4. The lowest BCUT2D eigenvalue weighted by molar-refractivity contribution is -0.146. The summed E-state index contributed by atoms with van der Waals surface area (Å²) in [5, 5.41) is 19.8. The molecule has 1 fully saturated rings. The van der Waals surface area contributed by atoms with Crippen LogP contribution in [-0.4, -0.2) is 39.3 Å². The van der Waals surface area contributed by atoms with Crippen molar-refractivity contribution < 1.29 is 24.6 Å². The summed E-state index contributed by atoms with van der Waals surface area (Å²) < 4.78 is 0. The first kappa shape index (κ1) is 17.4. The van der Waals surface area contributed by atoms with Crippen LogP contribution >= 0.6 is 0 Å². The molecule has 3 rings (SSSR count). The van der Waals surface area contributed by atoms with Gasteiger partial charge in [0.25, 0.3) is 11.7 Å². The van der Waals surface area contributed by atoms with Crippen LogP contribution in [0.3, 0.4) is 0 Å². The lowest BCUT2D eigenvalue weighted by Crippen LogP contribution is -2.34. The number of amides is 1. The zero-order valence-electron chi connectivity index (χ0n) is 14.0. The van der Waals surface area contributed by atoms with E-state index in [1.54, 1.807) is 54.6 Å². The van der Waals surface area contributed by atoms with Gasteiger partial charge in [0.2, 0.25) is 0 Å².